The van der Waals surface area contributed by atoms with Crippen LogP contribution in [0.1, 0.15) is 5.56 Å². The maximum Gasteiger partial charge on any atom is 0.138 e. The minimum absolute atomic E-state index is 0.178. The van der Waals surface area contributed by atoms with Crippen LogP contribution in [0.25, 0.3) is 44.4 Å². The normalized spacial score (nSPS) is 11.1. The van der Waals surface area contributed by atoms with E-state index in [0.29, 0.717) is 21.3 Å². The number of nitrogens with zero attached hydrogens (tertiary/aromatic N) is 3. The highest BCUT2D eigenvalue weighted by atomic mass is 35.5. The molecule has 0 saturated carbocycles. The highest BCUT2D eigenvalue weighted by Gasteiger charge is 2.19. The summed E-state index contributed by atoms with van der Waals surface area (Å²) in [4.78, 5) is 11.4. The average molecular weight is 500 g/mol. The molecule has 5 rings (SSSR count). The van der Waals surface area contributed by atoms with E-state index >= 15 is 0 Å². The number of benzene rings is 3. The molecular weight excluding hydrogens is 477 g/mol. The van der Waals surface area contributed by atoms with Crippen LogP contribution in [-0.4, -0.2) is 29.2 Å². The van der Waals surface area contributed by atoms with Crippen molar-refractivity contribution in [3.8, 4) is 33.5 Å². The second-order valence-electron chi connectivity index (χ2n) is 8.44. The van der Waals surface area contributed by atoms with E-state index in [-0.39, 0.29) is 6.61 Å². The Bertz CT molecular complexity index is 1530. The van der Waals surface area contributed by atoms with E-state index in [1.165, 1.54) is 0 Å². The highest BCUT2D eigenvalue weighted by molar-refractivity contribution is 6.39. The molecule has 1 N–H and O–H groups in total. The van der Waals surface area contributed by atoms with Crippen molar-refractivity contribution in [3.63, 3.8) is 0 Å². The zero-order valence-electron chi connectivity index (χ0n) is 19.3. The van der Waals surface area contributed by atoms with Crippen LogP contribution < -0.4 is 4.90 Å². The van der Waals surface area contributed by atoms with Gasteiger partial charge in [0, 0.05) is 47.4 Å². The van der Waals surface area contributed by atoms with E-state index in [0.717, 1.165) is 44.5 Å². The molecular formula is C29H23Cl2N3O. The van der Waals surface area contributed by atoms with Gasteiger partial charge in [0.2, 0.25) is 0 Å². The molecule has 0 unspecified atom stereocenters. The summed E-state index contributed by atoms with van der Waals surface area (Å²) in [5.74, 6) is 0.808. The predicted octanol–water partition coefficient (Wildman–Crippen LogP) is 7.50. The Morgan fingerprint density at radius 3 is 2.29 bits per heavy atom. The maximum absolute atomic E-state index is 10.3. The number of fused-ring (bicyclic) bond motifs is 1. The zero-order chi connectivity index (χ0) is 24.5. The first kappa shape index (κ1) is 23.3. The molecule has 2 heterocycles. The van der Waals surface area contributed by atoms with Crippen molar-refractivity contribution in [1.82, 2.24) is 9.97 Å². The molecule has 0 saturated heterocycles. The van der Waals surface area contributed by atoms with Crippen LogP contribution in [0.15, 0.2) is 85.1 Å². The molecule has 35 heavy (non-hydrogen) atoms. The van der Waals surface area contributed by atoms with Gasteiger partial charge in [0.1, 0.15) is 5.82 Å². The summed E-state index contributed by atoms with van der Waals surface area (Å²) in [6.07, 6.45) is 1.74. The van der Waals surface area contributed by atoms with Crippen LogP contribution >= 0.6 is 23.2 Å². The lowest BCUT2D eigenvalue weighted by atomic mass is 9.95. The van der Waals surface area contributed by atoms with E-state index in [9.17, 15) is 5.11 Å². The Morgan fingerprint density at radius 1 is 0.829 bits per heavy atom. The molecule has 0 aliphatic rings. The molecule has 4 nitrogen and oxygen atoms in total. The lowest BCUT2D eigenvalue weighted by Gasteiger charge is -2.20. The minimum atomic E-state index is -0.178. The summed E-state index contributed by atoms with van der Waals surface area (Å²) >= 11 is 13.5. The summed E-state index contributed by atoms with van der Waals surface area (Å²) in [5.41, 5.74) is 6.62. The third-order valence-electron chi connectivity index (χ3n) is 6.04. The van der Waals surface area contributed by atoms with E-state index in [4.69, 9.17) is 28.2 Å². The van der Waals surface area contributed by atoms with Gasteiger partial charge in [-0.1, -0.05) is 77.8 Å². The molecule has 0 atom stereocenters. The van der Waals surface area contributed by atoms with Gasteiger partial charge in [0.15, 0.2) is 0 Å². The van der Waals surface area contributed by atoms with E-state index in [1.807, 2.05) is 97.9 Å². The number of hydrogen-bond acceptors (Lipinski definition) is 4. The fraction of sp³-hybridized carbons (Fsp3) is 0.103. The minimum Gasteiger partial charge on any atom is -0.392 e. The molecule has 0 amide bonds. The lowest BCUT2D eigenvalue weighted by Crippen LogP contribution is -2.12. The molecule has 0 fully saturated rings. The molecule has 0 radical (unpaired) electrons. The van der Waals surface area contributed by atoms with Crippen molar-refractivity contribution < 1.29 is 5.11 Å². The number of halogens is 2. The van der Waals surface area contributed by atoms with Crippen LogP contribution in [-0.2, 0) is 6.61 Å². The smallest absolute Gasteiger partial charge is 0.138 e. The van der Waals surface area contributed by atoms with Crippen molar-refractivity contribution >= 4 is 39.9 Å². The van der Waals surface area contributed by atoms with Crippen LogP contribution in [0, 0.1) is 0 Å². The quantitative estimate of drug-likeness (QED) is 0.272. The number of aliphatic hydroxyl groups is 1. The van der Waals surface area contributed by atoms with Gasteiger partial charge in [-0.25, -0.2) is 4.98 Å². The van der Waals surface area contributed by atoms with Crippen molar-refractivity contribution in [2.75, 3.05) is 19.0 Å². The molecule has 3 aromatic carbocycles. The molecule has 174 valence electrons. The second kappa shape index (κ2) is 9.67. The monoisotopic (exact) mass is 499 g/mol. The van der Waals surface area contributed by atoms with Gasteiger partial charge in [0.05, 0.1) is 22.8 Å². The molecule has 0 spiro atoms. The summed E-state index contributed by atoms with van der Waals surface area (Å²) in [7, 11) is 3.93. The van der Waals surface area contributed by atoms with Crippen LogP contribution in [0.5, 0.6) is 0 Å². The first-order valence-corrected chi connectivity index (χ1v) is 11.9. The van der Waals surface area contributed by atoms with Gasteiger partial charge in [-0.2, -0.15) is 0 Å². The van der Waals surface area contributed by atoms with Crippen LogP contribution in [0.2, 0.25) is 10.0 Å². The molecule has 0 bridgehead atoms. The van der Waals surface area contributed by atoms with Crippen LogP contribution in [0.3, 0.4) is 0 Å². The van der Waals surface area contributed by atoms with Crippen molar-refractivity contribution in [2.24, 2.45) is 0 Å². The Kier molecular flexibility index (Phi) is 6.44. The number of rotatable bonds is 5. The SMILES string of the molecule is CN(C)c1nc2ccc(-c3ccnc(-c4ccccc4Cl)c3CO)cc2c(Cl)c1-c1ccccc1. The third kappa shape index (κ3) is 4.25. The Hall–Kier alpha value is -3.44. The van der Waals surface area contributed by atoms with E-state index < -0.39 is 0 Å². The van der Waals surface area contributed by atoms with Gasteiger partial charge in [-0.3, -0.25) is 4.98 Å². The number of pyridine rings is 2. The van der Waals surface area contributed by atoms with Gasteiger partial charge in [-0.05, 0) is 41.0 Å². The number of aromatic nitrogens is 2. The molecule has 5 aromatic rings. The Balaban J connectivity index is 1.74. The summed E-state index contributed by atoms with van der Waals surface area (Å²) < 4.78 is 0. The number of aliphatic hydroxyl groups excluding tert-OH is 1. The standard InChI is InChI=1S/C29H23Cl2N3O/c1-34(2)29-26(18-8-4-3-5-9-18)27(31)22-16-19(12-13-25(22)33-29)20-14-15-32-28(23(20)17-35)21-10-6-7-11-24(21)30/h3-16,35H,17H2,1-2H3. The fourth-order valence-electron chi connectivity index (χ4n) is 4.37. The van der Waals surface area contributed by atoms with Crippen molar-refractivity contribution in [2.45, 2.75) is 6.61 Å². The third-order valence-corrected chi connectivity index (χ3v) is 6.76. The maximum atomic E-state index is 10.3. The molecule has 0 aliphatic carbocycles. The largest absolute Gasteiger partial charge is 0.392 e. The fourth-order valence-corrected chi connectivity index (χ4v) is 4.94. The van der Waals surface area contributed by atoms with Gasteiger partial charge in [-0.15, -0.1) is 0 Å². The molecule has 2 aromatic heterocycles. The predicted molar refractivity (Wildman–Crippen MR) is 146 cm³/mol. The Labute approximate surface area is 214 Å². The summed E-state index contributed by atoms with van der Waals surface area (Å²) in [6, 6.07) is 25.4. The summed E-state index contributed by atoms with van der Waals surface area (Å²) in [5, 5.41) is 12.4. The Morgan fingerprint density at radius 2 is 1.57 bits per heavy atom. The van der Waals surface area contributed by atoms with Gasteiger partial charge in [0.25, 0.3) is 0 Å². The van der Waals surface area contributed by atoms with Gasteiger partial charge < -0.3 is 10.0 Å². The topological polar surface area (TPSA) is 49.2 Å². The van der Waals surface area contributed by atoms with E-state index in [2.05, 4.69) is 4.98 Å². The lowest BCUT2D eigenvalue weighted by molar-refractivity contribution is 0.282. The summed E-state index contributed by atoms with van der Waals surface area (Å²) in [6.45, 7) is -0.178. The zero-order valence-corrected chi connectivity index (χ0v) is 20.8. The van der Waals surface area contributed by atoms with E-state index in [1.54, 1.807) is 6.20 Å². The van der Waals surface area contributed by atoms with Gasteiger partial charge >= 0.3 is 0 Å². The molecule has 6 heteroatoms. The average Bonchev–Trinajstić information content (AvgIpc) is 2.88. The molecule has 0 aliphatic heterocycles. The highest BCUT2D eigenvalue weighted by Crippen LogP contribution is 2.42. The van der Waals surface area contributed by atoms with Crippen molar-refractivity contribution in [1.29, 1.82) is 0 Å². The second-order valence-corrected chi connectivity index (χ2v) is 9.23. The first-order valence-electron chi connectivity index (χ1n) is 11.2. The number of anilines is 1. The number of hydrogen-bond donors (Lipinski definition) is 1. The van der Waals surface area contributed by atoms with Crippen LogP contribution in [0.4, 0.5) is 5.82 Å². The first-order chi connectivity index (χ1) is 17.0. The van der Waals surface area contributed by atoms with Crippen molar-refractivity contribution in [3.05, 3.63) is 101 Å².